The Balaban J connectivity index is 1.42. The third-order valence-electron chi connectivity index (χ3n) is 3.77. The zero-order chi connectivity index (χ0) is 15.9. The van der Waals surface area contributed by atoms with Crippen molar-refractivity contribution in [1.82, 2.24) is 10.6 Å². The molecule has 1 aliphatic heterocycles. The predicted molar refractivity (Wildman–Crippen MR) is 93.1 cm³/mol. The largest absolute Gasteiger partial charge is 0.372 e. The van der Waals surface area contributed by atoms with Gasteiger partial charge in [-0.3, -0.25) is 4.99 Å². The number of hydrogen-bond acceptors (Lipinski definition) is 4. The summed E-state index contributed by atoms with van der Waals surface area (Å²) in [5, 5.41) is 6.62. The second-order valence-corrected chi connectivity index (χ2v) is 5.88. The fraction of sp³-hybridized carbons (Fsp3) is 0.316. The summed E-state index contributed by atoms with van der Waals surface area (Å²) in [5.41, 5.74) is 3.63. The van der Waals surface area contributed by atoms with Crippen molar-refractivity contribution >= 4 is 5.96 Å². The molecule has 0 amide bonds. The van der Waals surface area contributed by atoms with Gasteiger partial charge in [-0.1, -0.05) is 54.6 Å². The smallest absolute Gasteiger partial charge is 0.191 e. The first-order valence-electron chi connectivity index (χ1n) is 8.04. The van der Waals surface area contributed by atoms with Crippen molar-refractivity contribution in [3.63, 3.8) is 0 Å². The van der Waals surface area contributed by atoms with Gasteiger partial charge in [0.2, 0.25) is 0 Å². The van der Waals surface area contributed by atoms with E-state index in [1.807, 2.05) is 18.2 Å². The van der Waals surface area contributed by atoms with Gasteiger partial charge in [-0.05, 0) is 23.6 Å². The fourth-order valence-electron chi connectivity index (χ4n) is 2.46. The molecule has 0 saturated carbocycles. The molecule has 0 aromatic heterocycles. The molecule has 3 rings (SSSR count). The number of ether oxygens (including phenoxy) is 1. The van der Waals surface area contributed by atoms with Gasteiger partial charge in [-0.15, -0.1) is 0 Å². The SMILES string of the molecule is CC1CN=C(NCc2ccc(COCc3ccccc3)cc2)N1. The molecule has 0 saturated heterocycles. The van der Waals surface area contributed by atoms with Crippen LogP contribution in [0, 0.1) is 0 Å². The maximum atomic E-state index is 5.75. The molecule has 2 aromatic carbocycles. The molecule has 4 heteroatoms. The Hall–Kier alpha value is -2.33. The number of nitrogens with one attached hydrogen (secondary N) is 2. The van der Waals surface area contributed by atoms with Crippen molar-refractivity contribution in [2.45, 2.75) is 32.7 Å². The van der Waals surface area contributed by atoms with Crippen LogP contribution in [0.1, 0.15) is 23.6 Å². The average Bonchev–Trinajstić information content (AvgIpc) is 3.01. The maximum absolute atomic E-state index is 5.75. The molecule has 23 heavy (non-hydrogen) atoms. The number of hydrogen-bond donors (Lipinski definition) is 2. The van der Waals surface area contributed by atoms with Gasteiger partial charge in [0, 0.05) is 12.6 Å². The summed E-state index contributed by atoms with van der Waals surface area (Å²) < 4.78 is 5.75. The normalized spacial score (nSPS) is 16.7. The minimum absolute atomic E-state index is 0.432. The highest BCUT2D eigenvalue weighted by atomic mass is 16.5. The van der Waals surface area contributed by atoms with E-state index in [4.69, 9.17) is 4.74 Å². The molecule has 0 radical (unpaired) electrons. The number of aliphatic imine (C=N–C) groups is 1. The number of rotatable bonds is 6. The van der Waals surface area contributed by atoms with E-state index in [0.717, 1.165) is 19.0 Å². The molecule has 0 spiro atoms. The van der Waals surface area contributed by atoms with Crippen LogP contribution < -0.4 is 10.6 Å². The molecule has 2 N–H and O–H groups in total. The summed E-state index contributed by atoms with van der Waals surface area (Å²) in [4.78, 5) is 4.39. The topological polar surface area (TPSA) is 45.7 Å². The van der Waals surface area contributed by atoms with Crippen molar-refractivity contribution in [2.24, 2.45) is 4.99 Å². The third-order valence-corrected chi connectivity index (χ3v) is 3.77. The molecule has 1 atom stereocenters. The molecule has 1 aliphatic rings. The Morgan fingerprint density at radius 1 is 1.00 bits per heavy atom. The molecular weight excluding hydrogens is 286 g/mol. The highest BCUT2D eigenvalue weighted by Gasteiger charge is 2.11. The van der Waals surface area contributed by atoms with E-state index in [-0.39, 0.29) is 0 Å². The van der Waals surface area contributed by atoms with Crippen LogP contribution in [0.4, 0.5) is 0 Å². The first kappa shape index (κ1) is 15.6. The molecule has 0 aliphatic carbocycles. The second kappa shape index (κ2) is 7.79. The van der Waals surface area contributed by atoms with E-state index in [0.29, 0.717) is 19.3 Å². The van der Waals surface area contributed by atoms with Crippen LogP contribution in [0.25, 0.3) is 0 Å². The molecule has 4 nitrogen and oxygen atoms in total. The summed E-state index contributed by atoms with van der Waals surface area (Å²) >= 11 is 0. The summed E-state index contributed by atoms with van der Waals surface area (Å²) in [6.45, 7) is 5.04. The first-order chi connectivity index (χ1) is 11.3. The number of nitrogens with zero attached hydrogens (tertiary/aromatic N) is 1. The standard InChI is InChI=1S/C19H23N3O/c1-15-11-20-19(22-15)21-12-16-7-9-18(10-8-16)14-23-13-17-5-3-2-4-6-17/h2-10,15H,11-14H2,1H3,(H2,20,21,22). The minimum atomic E-state index is 0.432. The average molecular weight is 309 g/mol. The second-order valence-electron chi connectivity index (χ2n) is 5.88. The van der Waals surface area contributed by atoms with E-state index in [2.05, 4.69) is 58.9 Å². The van der Waals surface area contributed by atoms with E-state index >= 15 is 0 Å². The van der Waals surface area contributed by atoms with Crippen molar-refractivity contribution < 1.29 is 4.74 Å². The molecule has 120 valence electrons. The Labute approximate surface area is 137 Å². The van der Waals surface area contributed by atoms with Crippen LogP contribution in [0.2, 0.25) is 0 Å². The van der Waals surface area contributed by atoms with Crippen molar-refractivity contribution in [3.05, 3.63) is 71.3 Å². The summed E-state index contributed by atoms with van der Waals surface area (Å²) in [5.74, 6) is 0.896. The molecule has 1 unspecified atom stereocenters. The quantitative estimate of drug-likeness (QED) is 0.862. The molecule has 2 aromatic rings. The van der Waals surface area contributed by atoms with Crippen LogP contribution >= 0.6 is 0 Å². The van der Waals surface area contributed by atoms with Crippen LogP contribution in [-0.2, 0) is 24.5 Å². The Bertz CT molecular complexity index is 637. The van der Waals surface area contributed by atoms with Crippen LogP contribution in [0.5, 0.6) is 0 Å². The number of benzene rings is 2. The van der Waals surface area contributed by atoms with Gasteiger partial charge in [-0.25, -0.2) is 0 Å². The lowest BCUT2D eigenvalue weighted by Gasteiger charge is -2.09. The first-order valence-corrected chi connectivity index (χ1v) is 8.04. The highest BCUT2D eigenvalue weighted by Crippen LogP contribution is 2.08. The Kier molecular flexibility index (Phi) is 5.27. The summed E-state index contributed by atoms with van der Waals surface area (Å²) in [6, 6.07) is 19.2. The third kappa shape index (κ3) is 4.83. The lowest BCUT2D eigenvalue weighted by atomic mass is 10.1. The van der Waals surface area contributed by atoms with Crippen molar-refractivity contribution in [3.8, 4) is 0 Å². The van der Waals surface area contributed by atoms with Gasteiger partial charge >= 0.3 is 0 Å². The van der Waals surface area contributed by atoms with Crippen molar-refractivity contribution in [2.75, 3.05) is 6.54 Å². The minimum Gasteiger partial charge on any atom is -0.372 e. The molecule has 0 bridgehead atoms. The fourth-order valence-corrected chi connectivity index (χ4v) is 2.46. The van der Waals surface area contributed by atoms with Gasteiger partial charge in [0.15, 0.2) is 5.96 Å². The molecule has 1 heterocycles. The van der Waals surface area contributed by atoms with Crippen LogP contribution in [-0.4, -0.2) is 18.5 Å². The zero-order valence-electron chi connectivity index (χ0n) is 13.5. The monoisotopic (exact) mass is 309 g/mol. The van der Waals surface area contributed by atoms with Crippen LogP contribution in [0.15, 0.2) is 59.6 Å². The predicted octanol–water partition coefficient (Wildman–Crippen LogP) is 2.84. The lowest BCUT2D eigenvalue weighted by Crippen LogP contribution is -2.37. The van der Waals surface area contributed by atoms with Crippen LogP contribution in [0.3, 0.4) is 0 Å². The zero-order valence-corrected chi connectivity index (χ0v) is 13.5. The van der Waals surface area contributed by atoms with E-state index in [9.17, 15) is 0 Å². The van der Waals surface area contributed by atoms with Gasteiger partial charge in [0.1, 0.15) is 0 Å². The Morgan fingerprint density at radius 3 is 2.30 bits per heavy atom. The van der Waals surface area contributed by atoms with Gasteiger partial charge < -0.3 is 15.4 Å². The van der Waals surface area contributed by atoms with Gasteiger partial charge in [-0.2, -0.15) is 0 Å². The lowest BCUT2D eigenvalue weighted by molar-refractivity contribution is 0.107. The van der Waals surface area contributed by atoms with E-state index < -0.39 is 0 Å². The Morgan fingerprint density at radius 2 is 1.65 bits per heavy atom. The summed E-state index contributed by atoms with van der Waals surface area (Å²) in [7, 11) is 0. The van der Waals surface area contributed by atoms with E-state index in [1.165, 1.54) is 16.7 Å². The molecular formula is C19H23N3O. The summed E-state index contributed by atoms with van der Waals surface area (Å²) in [6.07, 6.45) is 0. The number of guanidine groups is 1. The highest BCUT2D eigenvalue weighted by molar-refractivity contribution is 5.81. The van der Waals surface area contributed by atoms with Gasteiger partial charge in [0.25, 0.3) is 0 Å². The molecule has 0 fully saturated rings. The van der Waals surface area contributed by atoms with Crippen molar-refractivity contribution in [1.29, 1.82) is 0 Å². The van der Waals surface area contributed by atoms with Gasteiger partial charge in [0.05, 0.1) is 19.8 Å². The van der Waals surface area contributed by atoms with E-state index in [1.54, 1.807) is 0 Å². The maximum Gasteiger partial charge on any atom is 0.191 e.